The number of benzene rings is 1. The Labute approximate surface area is 100.0 Å². The molecule has 2 amide bonds. The minimum Gasteiger partial charge on any atom is -0.314 e. The first-order valence-electron chi connectivity index (χ1n) is 5.04. The van der Waals surface area contributed by atoms with E-state index in [-0.39, 0.29) is 6.03 Å². The highest BCUT2D eigenvalue weighted by Gasteiger charge is 2.26. The third kappa shape index (κ3) is 2.13. The molecule has 86 valence electrons. The molecule has 1 saturated heterocycles. The van der Waals surface area contributed by atoms with Crippen molar-refractivity contribution in [3.8, 4) is 0 Å². The second kappa shape index (κ2) is 4.31. The summed E-state index contributed by atoms with van der Waals surface area (Å²) in [6.07, 6.45) is 0. The van der Waals surface area contributed by atoms with Crippen molar-refractivity contribution in [3.05, 3.63) is 29.3 Å². The zero-order valence-electron chi connectivity index (χ0n) is 9.35. The number of nitrogens with zero attached hydrogens (tertiary/aromatic N) is 3. The van der Waals surface area contributed by atoms with Crippen LogP contribution in [-0.2, 0) is 0 Å². The molecule has 1 aliphatic rings. The number of halogens is 1. The van der Waals surface area contributed by atoms with Crippen LogP contribution in [0.2, 0.25) is 5.02 Å². The third-order valence-corrected chi connectivity index (χ3v) is 2.75. The van der Waals surface area contributed by atoms with Gasteiger partial charge in [-0.3, -0.25) is 9.80 Å². The van der Waals surface area contributed by atoms with Gasteiger partial charge in [-0.05, 0) is 25.2 Å². The molecule has 0 atom stereocenters. The van der Waals surface area contributed by atoms with Gasteiger partial charge in [-0.25, -0.2) is 4.79 Å². The molecule has 0 bridgehead atoms. The molecule has 0 aromatic heterocycles. The van der Waals surface area contributed by atoms with E-state index in [4.69, 9.17) is 11.6 Å². The van der Waals surface area contributed by atoms with Gasteiger partial charge in [0.15, 0.2) is 0 Å². The number of urea groups is 1. The lowest BCUT2D eigenvalue weighted by Crippen LogP contribution is -2.55. The van der Waals surface area contributed by atoms with E-state index in [1.165, 1.54) is 0 Å². The van der Waals surface area contributed by atoms with Crippen LogP contribution < -0.4 is 4.90 Å². The largest absolute Gasteiger partial charge is 0.326 e. The van der Waals surface area contributed by atoms with E-state index in [1.807, 2.05) is 19.2 Å². The number of rotatable bonds is 1. The van der Waals surface area contributed by atoms with E-state index >= 15 is 0 Å². The molecule has 1 aromatic carbocycles. The number of hydrogen-bond donors (Lipinski definition) is 0. The summed E-state index contributed by atoms with van der Waals surface area (Å²) in [7, 11) is 3.76. The van der Waals surface area contributed by atoms with Crippen molar-refractivity contribution in [2.24, 2.45) is 0 Å². The monoisotopic (exact) mass is 239 g/mol. The molecule has 0 saturated carbocycles. The van der Waals surface area contributed by atoms with E-state index < -0.39 is 0 Å². The van der Waals surface area contributed by atoms with E-state index in [2.05, 4.69) is 4.90 Å². The molecule has 0 N–H and O–H groups in total. The van der Waals surface area contributed by atoms with Crippen molar-refractivity contribution < 1.29 is 4.79 Å². The van der Waals surface area contributed by atoms with Gasteiger partial charge >= 0.3 is 6.03 Å². The maximum atomic E-state index is 12.0. The molecule has 16 heavy (non-hydrogen) atoms. The van der Waals surface area contributed by atoms with Gasteiger partial charge < -0.3 is 4.90 Å². The highest BCUT2D eigenvalue weighted by molar-refractivity contribution is 6.30. The fourth-order valence-electron chi connectivity index (χ4n) is 1.81. The lowest BCUT2D eigenvalue weighted by molar-refractivity contribution is 0.149. The van der Waals surface area contributed by atoms with E-state index in [0.29, 0.717) is 18.4 Å². The first-order valence-corrected chi connectivity index (χ1v) is 5.42. The van der Waals surface area contributed by atoms with Gasteiger partial charge in [0.25, 0.3) is 0 Å². The van der Waals surface area contributed by atoms with Gasteiger partial charge in [0, 0.05) is 17.8 Å². The molecule has 0 radical (unpaired) electrons. The highest BCUT2D eigenvalue weighted by atomic mass is 35.5. The Morgan fingerprint density at radius 1 is 1.25 bits per heavy atom. The molecule has 0 aliphatic carbocycles. The molecular weight excluding hydrogens is 226 g/mol. The molecule has 0 unspecified atom stereocenters. The van der Waals surface area contributed by atoms with Crippen LogP contribution in [0.4, 0.5) is 10.5 Å². The molecule has 1 aliphatic heterocycles. The third-order valence-electron chi connectivity index (χ3n) is 2.51. The molecule has 2 rings (SSSR count). The first-order chi connectivity index (χ1) is 7.58. The van der Waals surface area contributed by atoms with Crippen LogP contribution in [0, 0.1) is 0 Å². The summed E-state index contributed by atoms with van der Waals surface area (Å²) in [5.74, 6) is 0. The molecule has 0 spiro atoms. The van der Waals surface area contributed by atoms with Crippen molar-refractivity contribution >= 4 is 23.3 Å². The topological polar surface area (TPSA) is 26.8 Å². The average Bonchev–Trinajstić information content (AvgIpc) is 2.23. The predicted molar refractivity (Wildman–Crippen MR) is 64.6 cm³/mol. The zero-order valence-corrected chi connectivity index (χ0v) is 10.1. The Kier molecular flexibility index (Phi) is 3.03. The van der Waals surface area contributed by atoms with Crippen molar-refractivity contribution in [1.29, 1.82) is 0 Å². The Balaban J connectivity index is 2.28. The fourth-order valence-corrected chi connectivity index (χ4v) is 2.00. The number of anilines is 1. The van der Waals surface area contributed by atoms with Gasteiger partial charge in [0.1, 0.15) is 0 Å². The van der Waals surface area contributed by atoms with Crippen LogP contribution in [0.5, 0.6) is 0 Å². The molecule has 1 heterocycles. The lowest BCUT2D eigenvalue weighted by atomic mass is 10.3. The van der Waals surface area contributed by atoms with E-state index in [9.17, 15) is 4.79 Å². The summed E-state index contributed by atoms with van der Waals surface area (Å²) in [4.78, 5) is 17.4. The summed E-state index contributed by atoms with van der Waals surface area (Å²) >= 11 is 5.92. The first kappa shape index (κ1) is 11.2. The van der Waals surface area contributed by atoms with Gasteiger partial charge in [-0.1, -0.05) is 17.7 Å². The van der Waals surface area contributed by atoms with Crippen LogP contribution in [0.3, 0.4) is 0 Å². The van der Waals surface area contributed by atoms with Crippen LogP contribution in [0.1, 0.15) is 0 Å². The van der Waals surface area contributed by atoms with E-state index in [1.54, 1.807) is 29.0 Å². The minimum atomic E-state index is 0.000340. The second-order valence-corrected chi connectivity index (χ2v) is 4.46. The van der Waals surface area contributed by atoms with Crippen LogP contribution >= 0.6 is 11.6 Å². The maximum absolute atomic E-state index is 12.0. The van der Waals surface area contributed by atoms with Gasteiger partial charge in [0.05, 0.1) is 13.3 Å². The Morgan fingerprint density at radius 2 is 2.00 bits per heavy atom. The van der Waals surface area contributed by atoms with E-state index in [0.717, 1.165) is 5.69 Å². The number of carbonyl (C=O) groups is 1. The number of amides is 2. The summed E-state index contributed by atoms with van der Waals surface area (Å²) in [6, 6.07) is 7.33. The summed E-state index contributed by atoms with van der Waals surface area (Å²) < 4.78 is 0. The molecule has 5 heteroatoms. The standard InChI is InChI=1S/C11H14ClN3O/c1-13-7-14(2)11(16)15(8-13)10-5-3-4-9(12)6-10/h3-6H,7-8H2,1-2H3. The van der Waals surface area contributed by atoms with Crippen LogP contribution in [-0.4, -0.2) is 43.3 Å². The minimum absolute atomic E-state index is 0.000340. The SMILES string of the molecule is CN1CN(C)C(=O)N(c2cccc(Cl)c2)C1. The fraction of sp³-hybridized carbons (Fsp3) is 0.364. The van der Waals surface area contributed by atoms with Crippen LogP contribution in [0.25, 0.3) is 0 Å². The average molecular weight is 240 g/mol. The Bertz CT molecular complexity index is 410. The normalized spacial score (nSPS) is 18.1. The van der Waals surface area contributed by atoms with Gasteiger partial charge in [-0.2, -0.15) is 0 Å². The smallest absolute Gasteiger partial charge is 0.314 e. The molecule has 1 aromatic rings. The molecular formula is C11H14ClN3O. The summed E-state index contributed by atoms with van der Waals surface area (Å²) in [5, 5.41) is 0.640. The predicted octanol–water partition coefficient (Wildman–Crippen LogP) is 2.06. The van der Waals surface area contributed by atoms with Crippen molar-refractivity contribution in [2.45, 2.75) is 0 Å². The van der Waals surface area contributed by atoms with Crippen molar-refractivity contribution in [2.75, 3.05) is 32.3 Å². The Morgan fingerprint density at radius 3 is 2.69 bits per heavy atom. The lowest BCUT2D eigenvalue weighted by Gasteiger charge is -2.38. The Hall–Kier alpha value is -1.26. The molecule has 4 nitrogen and oxygen atoms in total. The van der Waals surface area contributed by atoms with Gasteiger partial charge in [0.2, 0.25) is 0 Å². The summed E-state index contributed by atoms with van der Waals surface area (Å²) in [6.45, 7) is 1.24. The number of carbonyl (C=O) groups excluding carboxylic acids is 1. The number of hydrogen-bond acceptors (Lipinski definition) is 2. The molecule has 1 fully saturated rings. The highest BCUT2D eigenvalue weighted by Crippen LogP contribution is 2.22. The van der Waals surface area contributed by atoms with Crippen LogP contribution in [0.15, 0.2) is 24.3 Å². The van der Waals surface area contributed by atoms with Crippen molar-refractivity contribution in [3.63, 3.8) is 0 Å². The summed E-state index contributed by atoms with van der Waals surface area (Å²) in [5.41, 5.74) is 0.830. The quantitative estimate of drug-likeness (QED) is 0.750. The zero-order chi connectivity index (χ0) is 11.7. The van der Waals surface area contributed by atoms with Gasteiger partial charge in [-0.15, -0.1) is 0 Å². The maximum Gasteiger partial charge on any atom is 0.326 e. The van der Waals surface area contributed by atoms with Crippen molar-refractivity contribution in [1.82, 2.24) is 9.80 Å². The second-order valence-electron chi connectivity index (χ2n) is 4.03.